The van der Waals surface area contributed by atoms with Crippen molar-refractivity contribution in [2.75, 3.05) is 19.6 Å². The van der Waals surface area contributed by atoms with Crippen molar-refractivity contribution in [1.29, 1.82) is 0 Å². The fourth-order valence-electron chi connectivity index (χ4n) is 2.08. The van der Waals surface area contributed by atoms with Gasteiger partial charge in [-0.15, -0.1) is 0 Å². The molecule has 0 spiro atoms. The Morgan fingerprint density at radius 1 is 1.38 bits per heavy atom. The third kappa shape index (κ3) is 1.89. The maximum absolute atomic E-state index is 5.87. The van der Waals surface area contributed by atoms with E-state index in [1.54, 1.807) is 0 Å². The Bertz CT molecular complexity index is 179. The largest absolute Gasteiger partial charge is 0.329 e. The molecule has 0 radical (unpaired) electrons. The molecule has 0 aromatic heterocycles. The molecular weight excluding hydrogens is 160 g/mol. The van der Waals surface area contributed by atoms with Gasteiger partial charge in [-0.2, -0.15) is 0 Å². The first kappa shape index (κ1) is 11.0. The fraction of sp³-hybridized carbons (Fsp3) is 1.00. The summed E-state index contributed by atoms with van der Waals surface area (Å²) in [7, 11) is 0. The lowest BCUT2D eigenvalue weighted by molar-refractivity contribution is -0.0684. The molecule has 1 aliphatic rings. The molecule has 0 bridgehead atoms. The molecule has 2 heteroatoms. The highest BCUT2D eigenvalue weighted by atomic mass is 15.3. The Kier molecular flexibility index (Phi) is 2.75. The SMILES string of the molecule is CC(C)C(C)(CN)N1CC(C)(C)C1. The standard InChI is InChI=1S/C11H24N2/c1-9(2)11(5,6-12)13-7-10(3,4)8-13/h9H,6-8,12H2,1-5H3. The quantitative estimate of drug-likeness (QED) is 0.723. The van der Waals surface area contributed by atoms with Gasteiger partial charge in [0.1, 0.15) is 0 Å². The van der Waals surface area contributed by atoms with E-state index in [0.29, 0.717) is 11.3 Å². The van der Waals surface area contributed by atoms with Crippen LogP contribution in [0.25, 0.3) is 0 Å². The maximum atomic E-state index is 5.87. The van der Waals surface area contributed by atoms with Crippen LogP contribution in [0.4, 0.5) is 0 Å². The second kappa shape index (κ2) is 3.25. The topological polar surface area (TPSA) is 29.3 Å². The van der Waals surface area contributed by atoms with Crippen molar-refractivity contribution in [3.63, 3.8) is 0 Å². The highest BCUT2D eigenvalue weighted by Gasteiger charge is 2.44. The number of rotatable bonds is 3. The molecule has 2 nitrogen and oxygen atoms in total. The van der Waals surface area contributed by atoms with Crippen LogP contribution in [0.1, 0.15) is 34.6 Å². The Morgan fingerprint density at radius 3 is 2.08 bits per heavy atom. The number of hydrogen-bond acceptors (Lipinski definition) is 2. The maximum Gasteiger partial charge on any atom is 0.0326 e. The van der Waals surface area contributed by atoms with E-state index in [-0.39, 0.29) is 5.54 Å². The highest BCUT2D eigenvalue weighted by molar-refractivity contribution is 5.00. The lowest BCUT2D eigenvalue weighted by Gasteiger charge is -2.56. The highest BCUT2D eigenvalue weighted by Crippen LogP contribution is 2.37. The van der Waals surface area contributed by atoms with E-state index in [1.807, 2.05) is 0 Å². The molecule has 78 valence electrons. The minimum atomic E-state index is 0.204. The van der Waals surface area contributed by atoms with Crippen molar-refractivity contribution in [1.82, 2.24) is 4.90 Å². The van der Waals surface area contributed by atoms with E-state index in [0.717, 1.165) is 6.54 Å². The summed E-state index contributed by atoms with van der Waals surface area (Å²) in [5.41, 5.74) is 6.57. The number of nitrogens with two attached hydrogens (primary N) is 1. The molecule has 1 aliphatic heterocycles. The molecule has 2 N–H and O–H groups in total. The minimum Gasteiger partial charge on any atom is -0.329 e. The van der Waals surface area contributed by atoms with Crippen LogP contribution in [0.15, 0.2) is 0 Å². The zero-order valence-electron chi connectivity index (χ0n) is 9.72. The van der Waals surface area contributed by atoms with Gasteiger partial charge < -0.3 is 5.73 Å². The Hall–Kier alpha value is -0.0800. The first-order valence-corrected chi connectivity index (χ1v) is 5.27. The van der Waals surface area contributed by atoms with Crippen molar-refractivity contribution < 1.29 is 0 Å². The van der Waals surface area contributed by atoms with Gasteiger partial charge in [0, 0.05) is 25.2 Å². The summed E-state index contributed by atoms with van der Waals surface area (Å²) in [6.45, 7) is 14.6. The van der Waals surface area contributed by atoms with Gasteiger partial charge in [-0.1, -0.05) is 27.7 Å². The summed E-state index contributed by atoms with van der Waals surface area (Å²) >= 11 is 0. The van der Waals surface area contributed by atoms with Crippen molar-refractivity contribution in [3.05, 3.63) is 0 Å². The van der Waals surface area contributed by atoms with Gasteiger partial charge in [-0.25, -0.2) is 0 Å². The summed E-state index contributed by atoms with van der Waals surface area (Å²) in [6, 6.07) is 0. The molecule has 1 saturated heterocycles. The van der Waals surface area contributed by atoms with E-state index < -0.39 is 0 Å². The first-order chi connectivity index (χ1) is 5.82. The van der Waals surface area contributed by atoms with E-state index in [4.69, 9.17) is 5.73 Å². The van der Waals surface area contributed by atoms with Gasteiger partial charge in [-0.05, 0) is 18.3 Å². The number of likely N-dealkylation sites (tertiary alicyclic amines) is 1. The van der Waals surface area contributed by atoms with Crippen LogP contribution in [-0.2, 0) is 0 Å². The molecule has 1 rings (SSSR count). The normalized spacial score (nSPS) is 27.0. The summed E-state index contributed by atoms with van der Waals surface area (Å²) in [5, 5.41) is 0. The summed E-state index contributed by atoms with van der Waals surface area (Å²) in [6.07, 6.45) is 0. The van der Waals surface area contributed by atoms with Crippen molar-refractivity contribution >= 4 is 0 Å². The molecule has 1 atom stereocenters. The summed E-state index contributed by atoms with van der Waals surface area (Å²) < 4.78 is 0. The van der Waals surface area contributed by atoms with Gasteiger partial charge in [0.2, 0.25) is 0 Å². The molecule has 1 unspecified atom stereocenters. The lowest BCUT2D eigenvalue weighted by Crippen LogP contribution is -2.66. The van der Waals surface area contributed by atoms with E-state index in [1.165, 1.54) is 13.1 Å². The molecule has 1 heterocycles. The molecular formula is C11H24N2. The van der Waals surface area contributed by atoms with Crippen molar-refractivity contribution in [2.24, 2.45) is 17.1 Å². The van der Waals surface area contributed by atoms with Crippen LogP contribution < -0.4 is 5.73 Å². The third-order valence-corrected chi connectivity index (χ3v) is 3.62. The first-order valence-electron chi connectivity index (χ1n) is 5.27. The van der Waals surface area contributed by atoms with Crippen LogP contribution in [0.2, 0.25) is 0 Å². The number of hydrogen-bond donors (Lipinski definition) is 1. The average Bonchev–Trinajstić information content (AvgIpc) is 1.98. The van der Waals surface area contributed by atoms with Gasteiger partial charge in [0.25, 0.3) is 0 Å². The Balaban J connectivity index is 2.60. The zero-order chi connectivity index (χ0) is 10.3. The third-order valence-electron chi connectivity index (χ3n) is 3.62. The predicted molar refractivity (Wildman–Crippen MR) is 57.7 cm³/mol. The minimum absolute atomic E-state index is 0.204. The van der Waals surface area contributed by atoms with E-state index >= 15 is 0 Å². The molecule has 0 aromatic rings. The number of nitrogens with zero attached hydrogens (tertiary/aromatic N) is 1. The lowest BCUT2D eigenvalue weighted by atomic mass is 9.76. The van der Waals surface area contributed by atoms with Gasteiger partial charge in [0.15, 0.2) is 0 Å². The molecule has 13 heavy (non-hydrogen) atoms. The van der Waals surface area contributed by atoms with Crippen molar-refractivity contribution in [2.45, 2.75) is 40.2 Å². The van der Waals surface area contributed by atoms with Gasteiger partial charge in [-0.3, -0.25) is 4.90 Å². The van der Waals surface area contributed by atoms with Gasteiger partial charge in [0.05, 0.1) is 0 Å². The van der Waals surface area contributed by atoms with Crippen LogP contribution in [0.3, 0.4) is 0 Å². The van der Waals surface area contributed by atoms with Crippen LogP contribution in [0, 0.1) is 11.3 Å². The van der Waals surface area contributed by atoms with Crippen LogP contribution in [-0.4, -0.2) is 30.1 Å². The van der Waals surface area contributed by atoms with Crippen LogP contribution in [0.5, 0.6) is 0 Å². The second-order valence-corrected chi connectivity index (χ2v) is 5.74. The monoisotopic (exact) mass is 184 g/mol. The van der Waals surface area contributed by atoms with Gasteiger partial charge >= 0.3 is 0 Å². The molecule has 0 aliphatic carbocycles. The zero-order valence-corrected chi connectivity index (χ0v) is 9.72. The summed E-state index contributed by atoms with van der Waals surface area (Å²) in [4.78, 5) is 2.53. The second-order valence-electron chi connectivity index (χ2n) is 5.74. The predicted octanol–water partition coefficient (Wildman–Crippen LogP) is 1.70. The smallest absolute Gasteiger partial charge is 0.0326 e. The van der Waals surface area contributed by atoms with Crippen molar-refractivity contribution in [3.8, 4) is 0 Å². The molecule has 1 fully saturated rings. The van der Waals surface area contributed by atoms with Crippen LogP contribution >= 0.6 is 0 Å². The van der Waals surface area contributed by atoms with E-state index in [9.17, 15) is 0 Å². The Labute approximate surface area is 82.5 Å². The molecule has 0 amide bonds. The molecule has 0 aromatic carbocycles. The summed E-state index contributed by atoms with van der Waals surface area (Å²) in [5.74, 6) is 0.633. The average molecular weight is 184 g/mol. The fourth-order valence-corrected chi connectivity index (χ4v) is 2.08. The molecule has 0 saturated carbocycles. The Morgan fingerprint density at radius 2 is 1.85 bits per heavy atom. The van der Waals surface area contributed by atoms with E-state index in [2.05, 4.69) is 39.5 Å².